The number of para-hydroxylation sites is 1. The third-order valence-corrected chi connectivity index (χ3v) is 3.20. The van der Waals surface area contributed by atoms with Gasteiger partial charge in [-0.3, -0.25) is 0 Å². The molecular weight excluding hydrogens is 218 g/mol. The van der Waals surface area contributed by atoms with Crippen LogP contribution in [0.25, 0.3) is 0 Å². The van der Waals surface area contributed by atoms with E-state index in [4.69, 9.17) is 9.47 Å². The van der Waals surface area contributed by atoms with Crippen LogP contribution < -0.4 is 4.74 Å². The quantitative estimate of drug-likeness (QED) is 0.789. The molecular formula is C13H17NO3. The SMILES string of the molecule is COC(=O)N1CCC(c2ccccc2OC)C1. The average molecular weight is 235 g/mol. The van der Waals surface area contributed by atoms with Gasteiger partial charge in [0.25, 0.3) is 0 Å². The molecule has 0 aromatic heterocycles. The summed E-state index contributed by atoms with van der Waals surface area (Å²) >= 11 is 0. The first kappa shape index (κ1) is 11.8. The molecule has 4 heteroatoms. The second-order valence-electron chi connectivity index (χ2n) is 4.14. The zero-order valence-corrected chi connectivity index (χ0v) is 10.2. The lowest BCUT2D eigenvalue weighted by atomic mass is 9.97. The summed E-state index contributed by atoms with van der Waals surface area (Å²) in [6, 6.07) is 7.97. The molecule has 1 aromatic carbocycles. The van der Waals surface area contributed by atoms with Gasteiger partial charge in [-0.15, -0.1) is 0 Å². The van der Waals surface area contributed by atoms with E-state index < -0.39 is 0 Å². The lowest BCUT2D eigenvalue weighted by molar-refractivity contribution is 0.132. The summed E-state index contributed by atoms with van der Waals surface area (Å²) in [5.74, 6) is 1.23. The van der Waals surface area contributed by atoms with E-state index >= 15 is 0 Å². The van der Waals surface area contributed by atoms with Gasteiger partial charge in [0.05, 0.1) is 14.2 Å². The van der Waals surface area contributed by atoms with Crippen LogP contribution in [0.1, 0.15) is 17.9 Å². The monoisotopic (exact) mass is 235 g/mol. The molecule has 2 rings (SSSR count). The minimum atomic E-state index is -0.248. The van der Waals surface area contributed by atoms with Crippen LogP contribution in [-0.4, -0.2) is 38.3 Å². The summed E-state index contributed by atoms with van der Waals surface area (Å²) in [7, 11) is 3.09. The Morgan fingerprint density at radius 1 is 1.35 bits per heavy atom. The second-order valence-corrected chi connectivity index (χ2v) is 4.14. The summed E-state index contributed by atoms with van der Waals surface area (Å²) in [6.07, 6.45) is 0.706. The number of rotatable bonds is 2. The Kier molecular flexibility index (Phi) is 3.52. The van der Waals surface area contributed by atoms with Crippen molar-refractivity contribution in [2.45, 2.75) is 12.3 Å². The molecule has 1 aromatic rings. The summed E-state index contributed by atoms with van der Waals surface area (Å²) in [5, 5.41) is 0. The molecule has 1 unspecified atom stereocenters. The first-order valence-corrected chi connectivity index (χ1v) is 5.72. The van der Waals surface area contributed by atoms with Crippen molar-refractivity contribution in [3.05, 3.63) is 29.8 Å². The number of nitrogens with zero attached hydrogens (tertiary/aromatic N) is 1. The van der Waals surface area contributed by atoms with E-state index in [1.165, 1.54) is 12.7 Å². The van der Waals surface area contributed by atoms with Gasteiger partial charge in [-0.25, -0.2) is 4.79 Å². The molecule has 4 nitrogen and oxygen atoms in total. The maximum absolute atomic E-state index is 11.4. The van der Waals surface area contributed by atoms with Crippen molar-refractivity contribution in [3.8, 4) is 5.75 Å². The molecule has 1 aliphatic heterocycles. The Morgan fingerprint density at radius 3 is 2.82 bits per heavy atom. The third kappa shape index (κ3) is 2.35. The predicted octanol–water partition coefficient (Wildman–Crippen LogP) is 2.25. The maximum atomic E-state index is 11.4. The molecule has 0 aliphatic carbocycles. The molecule has 1 fully saturated rings. The van der Waals surface area contributed by atoms with Gasteiger partial charge in [-0.2, -0.15) is 0 Å². The molecule has 1 heterocycles. The Morgan fingerprint density at radius 2 is 2.12 bits per heavy atom. The van der Waals surface area contributed by atoms with Crippen LogP contribution in [0.3, 0.4) is 0 Å². The van der Waals surface area contributed by atoms with E-state index in [2.05, 4.69) is 6.07 Å². The zero-order chi connectivity index (χ0) is 12.3. The number of hydrogen-bond acceptors (Lipinski definition) is 3. The summed E-state index contributed by atoms with van der Waals surface area (Å²) in [4.78, 5) is 13.2. The number of benzene rings is 1. The highest BCUT2D eigenvalue weighted by atomic mass is 16.5. The lowest BCUT2D eigenvalue weighted by Gasteiger charge is -2.16. The fraction of sp³-hybridized carbons (Fsp3) is 0.462. The van der Waals surface area contributed by atoms with Crippen LogP contribution in [0.2, 0.25) is 0 Å². The van der Waals surface area contributed by atoms with E-state index in [-0.39, 0.29) is 6.09 Å². The number of ether oxygens (including phenoxy) is 2. The van der Waals surface area contributed by atoms with Crippen LogP contribution in [0.15, 0.2) is 24.3 Å². The van der Waals surface area contributed by atoms with Gasteiger partial charge >= 0.3 is 6.09 Å². The van der Waals surface area contributed by atoms with E-state index in [9.17, 15) is 4.79 Å². The highest BCUT2D eigenvalue weighted by Gasteiger charge is 2.29. The summed E-state index contributed by atoms with van der Waals surface area (Å²) in [6.45, 7) is 1.45. The van der Waals surface area contributed by atoms with Gasteiger partial charge in [0.2, 0.25) is 0 Å². The van der Waals surface area contributed by atoms with Gasteiger partial charge in [0.1, 0.15) is 5.75 Å². The first-order valence-electron chi connectivity index (χ1n) is 5.72. The molecule has 0 N–H and O–H groups in total. The number of amides is 1. The van der Waals surface area contributed by atoms with Gasteiger partial charge in [-0.1, -0.05) is 18.2 Å². The number of methoxy groups -OCH3 is 2. The van der Waals surface area contributed by atoms with Crippen LogP contribution in [0.4, 0.5) is 4.79 Å². The van der Waals surface area contributed by atoms with Crippen LogP contribution in [0.5, 0.6) is 5.75 Å². The summed E-state index contributed by atoms with van der Waals surface area (Å²) in [5.41, 5.74) is 1.17. The van der Waals surface area contributed by atoms with E-state index in [0.29, 0.717) is 12.5 Å². The van der Waals surface area contributed by atoms with Crippen LogP contribution >= 0.6 is 0 Å². The Labute approximate surface area is 101 Å². The van der Waals surface area contributed by atoms with Gasteiger partial charge in [0.15, 0.2) is 0 Å². The smallest absolute Gasteiger partial charge is 0.409 e. The maximum Gasteiger partial charge on any atom is 0.409 e. The Bertz CT molecular complexity index is 405. The highest BCUT2D eigenvalue weighted by Crippen LogP contribution is 2.33. The second kappa shape index (κ2) is 5.08. The zero-order valence-electron chi connectivity index (χ0n) is 10.2. The topological polar surface area (TPSA) is 38.8 Å². The molecule has 1 atom stereocenters. The van der Waals surface area contributed by atoms with Crippen molar-refractivity contribution in [3.63, 3.8) is 0 Å². The fourth-order valence-electron chi connectivity index (χ4n) is 2.31. The third-order valence-electron chi connectivity index (χ3n) is 3.20. The molecule has 0 saturated carbocycles. The normalized spacial score (nSPS) is 19.2. The molecule has 92 valence electrons. The molecule has 1 amide bonds. The standard InChI is InChI=1S/C13H17NO3/c1-16-12-6-4-3-5-11(12)10-7-8-14(9-10)13(15)17-2/h3-6,10H,7-9H2,1-2H3. The minimum Gasteiger partial charge on any atom is -0.496 e. The first-order chi connectivity index (χ1) is 8.26. The van der Waals surface area contributed by atoms with Crippen molar-refractivity contribution >= 4 is 6.09 Å². The predicted molar refractivity (Wildman–Crippen MR) is 64.3 cm³/mol. The number of carbonyl (C=O) groups is 1. The molecule has 1 saturated heterocycles. The van der Waals surface area contributed by atoms with Crippen LogP contribution in [-0.2, 0) is 4.74 Å². The van der Waals surface area contributed by atoms with Gasteiger partial charge < -0.3 is 14.4 Å². The fourth-order valence-corrected chi connectivity index (χ4v) is 2.31. The van der Waals surface area contributed by atoms with Crippen molar-refractivity contribution in [1.29, 1.82) is 0 Å². The van der Waals surface area contributed by atoms with Crippen molar-refractivity contribution in [2.75, 3.05) is 27.3 Å². The molecule has 17 heavy (non-hydrogen) atoms. The average Bonchev–Trinajstić information content (AvgIpc) is 2.87. The van der Waals surface area contributed by atoms with Crippen LogP contribution in [0, 0.1) is 0 Å². The number of carbonyl (C=O) groups excluding carboxylic acids is 1. The summed E-state index contributed by atoms with van der Waals surface area (Å²) < 4.78 is 10.1. The highest BCUT2D eigenvalue weighted by molar-refractivity contribution is 5.68. The van der Waals surface area contributed by atoms with E-state index in [1.54, 1.807) is 12.0 Å². The van der Waals surface area contributed by atoms with Crippen molar-refractivity contribution < 1.29 is 14.3 Å². The van der Waals surface area contributed by atoms with Crippen molar-refractivity contribution in [2.24, 2.45) is 0 Å². The van der Waals surface area contributed by atoms with Crippen molar-refractivity contribution in [1.82, 2.24) is 4.90 Å². The van der Waals surface area contributed by atoms with Gasteiger partial charge in [-0.05, 0) is 18.1 Å². The number of likely N-dealkylation sites (tertiary alicyclic amines) is 1. The molecule has 0 bridgehead atoms. The van der Waals surface area contributed by atoms with E-state index in [1.807, 2.05) is 18.2 Å². The molecule has 0 radical (unpaired) electrons. The number of hydrogen-bond donors (Lipinski definition) is 0. The Hall–Kier alpha value is -1.71. The minimum absolute atomic E-state index is 0.248. The van der Waals surface area contributed by atoms with Gasteiger partial charge in [0, 0.05) is 19.0 Å². The lowest BCUT2D eigenvalue weighted by Crippen LogP contribution is -2.28. The Balaban J connectivity index is 2.12. The van der Waals surface area contributed by atoms with E-state index in [0.717, 1.165) is 18.7 Å². The molecule has 1 aliphatic rings. The molecule has 0 spiro atoms. The largest absolute Gasteiger partial charge is 0.496 e.